The summed E-state index contributed by atoms with van der Waals surface area (Å²) >= 11 is 11.9. The zero-order chi connectivity index (χ0) is 17.1. The molecular weight excluding hydrogens is 352 g/mol. The third-order valence-corrected chi connectivity index (χ3v) is 4.58. The fourth-order valence-corrected chi connectivity index (χ4v) is 3.12. The number of hydrogen-bond acceptors (Lipinski definition) is 3. The summed E-state index contributed by atoms with van der Waals surface area (Å²) in [4.78, 5) is 12.3. The summed E-state index contributed by atoms with van der Waals surface area (Å²) in [6, 6.07) is 11.5. The van der Waals surface area contributed by atoms with Gasteiger partial charge in [-0.3, -0.25) is 4.79 Å². The first-order valence-corrected chi connectivity index (χ1v) is 8.27. The molecule has 2 aromatic rings. The molecule has 2 atom stereocenters. The second-order valence-electron chi connectivity index (χ2n) is 5.62. The van der Waals surface area contributed by atoms with Gasteiger partial charge in [-0.2, -0.15) is 0 Å². The lowest BCUT2D eigenvalue weighted by atomic mass is 10.0. The summed E-state index contributed by atoms with van der Waals surface area (Å²) in [7, 11) is 0. The second kappa shape index (κ2) is 7.49. The van der Waals surface area contributed by atoms with Crippen LogP contribution in [0.25, 0.3) is 0 Å². The Bertz CT molecular complexity index is 756. The first kappa shape index (κ1) is 17.2. The molecule has 126 valence electrons. The molecule has 1 amide bonds. The summed E-state index contributed by atoms with van der Waals surface area (Å²) in [6.45, 7) is 0.285. The second-order valence-corrected chi connectivity index (χ2v) is 6.43. The molecule has 0 aromatic heterocycles. The van der Waals surface area contributed by atoms with Crippen molar-refractivity contribution in [1.29, 1.82) is 0 Å². The lowest BCUT2D eigenvalue weighted by Crippen LogP contribution is -2.42. The molecule has 1 fully saturated rings. The normalized spacial score (nSPS) is 20.1. The lowest BCUT2D eigenvalue weighted by molar-refractivity contribution is -0.123. The summed E-state index contributed by atoms with van der Waals surface area (Å²) in [5, 5.41) is 3.53. The summed E-state index contributed by atoms with van der Waals surface area (Å²) in [5.41, 5.74) is 7.77. The van der Waals surface area contributed by atoms with Crippen molar-refractivity contribution in [1.82, 2.24) is 16.2 Å². The molecule has 0 saturated carbocycles. The number of halogens is 3. The Labute approximate surface area is 149 Å². The number of carbonyl (C=O) groups is 1. The van der Waals surface area contributed by atoms with E-state index < -0.39 is 5.82 Å². The van der Waals surface area contributed by atoms with Gasteiger partial charge in [-0.1, -0.05) is 47.5 Å². The van der Waals surface area contributed by atoms with Gasteiger partial charge < -0.3 is 5.32 Å². The van der Waals surface area contributed by atoms with Crippen molar-refractivity contribution in [2.75, 3.05) is 0 Å². The molecule has 4 nitrogen and oxygen atoms in total. The molecule has 24 heavy (non-hydrogen) atoms. The molecule has 1 saturated heterocycles. The molecule has 0 bridgehead atoms. The van der Waals surface area contributed by atoms with Gasteiger partial charge in [0.25, 0.3) is 0 Å². The largest absolute Gasteiger partial charge is 0.351 e. The predicted octanol–water partition coefficient (Wildman–Crippen LogP) is 3.36. The monoisotopic (exact) mass is 367 g/mol. The number of hydrogen-bond donors (Lipinski definition) is 3. The number of hydrazine groups is 1. The third kappa shape index (κ3) is 3.87. The quantitative estimate of drug-likeness (QED) is 0.776. The maximum atomic E-state index is 13.1. The topological polar surface area (TPSA) is 53.2 Å². The van der Waals surface area contributed by atoms with Crippen LogP contribution in [0.3, 0.4) is 0 Å². The van der Waals surface area contributed by atoms with E-state index in [9.17, 15) is 9.18 Å². The van der Waals surface area contributed by atoms with Crippen LogP contribution in [0.1, 0.15) is 23.6 Å². The van der Waals surface area contributed by atoms with Gasteiger partial charge in [0, 0.05) is 17.6 Å². The van der Waals surface area contributed by atoms with E-state index in [2.05, 4.69) is 16.2 Å². The average molecular weight is 368 g/mol. The number of carbonyl (C=O) groups excluding carboxylic acids is 1. The molecule has 1 aliphatic rings. The van der Waals surface area contributed by atoms with Gasteiger partial charge in [-0.05, 0) is 35.7 Å². The van der Waals surface area contributed by atoms with Gasteiger partial charge in [0.15, 0.2) is 0 Å². The predicted molar refractivity (Wildman–Crippen MR) is 92.1 cm³/mol. The van der Waals surface area contributed by atoms with Crippen LogP contribution in [0.2, 0.25) is 10.0 Å². The minimum Gasteiger partial charge on any atom is -0.351 e. The fraction of sp³-hybridized carbons (Fsp3) is 0.235. The standard InChI is InChI=1S/C17H16Cl2FN3O/c18-12-4-2-1-3-11(12)15-8-16(23-22-15)17(24)21-9-10-5-6-14(20)13(19)7-10/h1-7,15-16,22-23H,8-9H2,(H,21,24). The van der Waals surface area contributed by atoms with Crippen LogP contribution in [0.15, 0.2) is 42.5 Å². The van der Waals surface area contributed by atoms with Crippen LogP contribution >= 0.6 is 23.2 Å². The van der Waals surface area contributed by atoms with Crippen molar-refractivity contribution in [3.05, 3.63) is 69.5 Å². The van der Waals surface area contributed by atoms with Crippen LogP contribution in [0.4, 0.5) is 4.39 Å². The number of benzene rings is 2. The van der Waals surface area contributed by atoms with E-state index in [1.165, 1.54) is 12.1 Å². The van der Waals surface area contributed by atoms with Gasteiger partial charge >= 0.3 is 0 Å². The summed E-state index contributed by atoms with van der Waals surface area (Å²) < 4.78 is 13.1. The Morgan fingerprint density at radius 3 is 2.71 bits per heavy atom. The maximum Gasteiger partial charge on any atom is 0.238 e. The number of rotatable bonds is 4. The number of nitrogens with one attached hydrogen (secondary N) is 3. The highest BCUT2D eigenvalue weighted by Gasteiger charge is 2.30. The summed E-state index contributed by atoms with van der Waals surface area (Å²) in [6.07, 6.45) is 0.583. The highest BCUT2D eigenvalue weighted by Crippen LogP contribution is 2.28. The smallest absolute Gasteiger partial charge is 0.238 e. The molecule has 3 rings (SSSR count). The van der Waals surface area contributed by atoms with E-state index in [0.717, 1.165) is 11.1 Å². The first-order chi connectivity index (χ1) is 11.5. The Balaban J connectivity index is 1.57. The zero-order valence-corrected chi connectivity index (χ0v) is 14.2. The van der Waals surface area contributed by atoms with Gasteiger partial charge in [-0.15, -0.1) is 0 Å². The van der Waals surface area contributed by atoms with Gasteiger partial charge in [0.2, 0.25) is 5.91 Å². The van der Waals surface area contributed by atoms with Crippen molar-refractivity contribution in [3.8, 4) is 0 Å². The molecule has 7 heteroatoms. The van der Waals surface area contributed by atoms with Crippen LogP contribution in [-0.4, -0.2) is 11.9 Å². The highest BCUT2D eigenvalue weighted by molar-refractivity contribution is 6.31. The SMILES string of the molecule is O=C(NCc1ccc(F)c(Cl)c1)C1CC(c2ccccc2Cl)NN1. The van der Waals surface area contributed by atoms with Gasteiger partial charge in [0.05, 0.1) is 5.02 Å². The molecule has 1 aliphatic heterocycles. The van der Waals surface area contributed by atoms with E-state index >= 15 is 0 Å². The van der Waals surface area contributed by atoms with Crippen molar-refractivity contribution in [2.45, 2.75) is 25.0 Å². The van der Waals surface area contributed by atoms with Crippen molar-refractivity contribution in [2.24, 2.45) is 0 Å². The maximum absolute atomic E-state index is 13.1. The lowest BCUT2D eigenvalue weighted by Gasteiger charge is -2.12. The van der Waals surface area contributed by atoms with Gasteiger partial charge in [-0.25, -0.2) is 15.2 Å². The molecular formula is C17H16Cl2FN3O. The van der Waals surface area contributed by atoms with Crippen LogP contribution < -0.4 is 16.2 Å². The van der Waals surface area contributed by atoms with Gasteiger partial charge in [0.1, 0.15) is 11.9 Å². The Kier molecular flexibility index (Phi) is 5.36. The molecule has 1 heterocycles. The van der Waals surface area contributed by atoms with Crippen LogP contribution in [-0.2, 0) is 11.3 Å². The Morgan fingerprint density at radius 2 is 1.96 bits per heavy atom. The van der Waals surface area contributed by atoms with Crippen molar-refractivity contribution < 1.29 is 9.18 Å². The van der Waals surface area contributed by atoms with E-state index in [1.807, 2.05) is 24.3 Å². The van der Waals surface area contributed by atoms with Crippen LogP contribution in [0, 0.1) is 5.82 Å². The average Bonchev–Trinajstić information content (AvgIpc) is 3.06. The van der Waals surface area contributed by atoms with E-state index in [4.69, 9.17) is 23.2 Å². The van der Waals surface area contributed by atoms with E-state index in [0.29, 0.717) is 11.4 Å². The molecule has 2 aromatic carbocycles. The zero-order valence-electron chi connectivity index (χ0n) is 12.7. The van der Waals surface area contributed by atoms with Crippen molar-refractivity contribution >= 4 is 29.1 Å². The first-order valence-electron chi connectivity index (χ1n) is 7.51. The molecule has 3 N–H and O–H groups in total. The van der Waals surface area contributed by atoms with Crippen LogP contribution in [0.5, 0.6) is 0 Å². The van der Waals surface area contributed by atoms with E-state index in [-0.39, 0.29) is 29.6 Å². The minimum absolute atomic E-state index is 0.0327. The molecule has 0 aliphatic carbocycles. The van der Waals surface area contributed by atoms with E-state index in [1.54, 1.807) is 6.07 Å². The van der Waals surface area contributed by atoms with Crippen molar-refractivity contribution in [3.63, 3.8) is 0 Å². The Morgan fingerprint density at radius 1 is 1.17 bits per heavy atom. The summed E-state index contributed by atoms with van der Waals surface area (Å²) in [5.74, 6) is -0.617. The molecule has 2 unspecified atom stereocenters. The Hall–Kier alpha value is -1.66. The third-order valence-electron chi connectivity index (χ3n) is 3.95. The highest BCUT2D eigenvalue weighted by atomic mass is 35.5. The fourth-order valence-electron chi connectivity index (χ4n) is 2.65. The minimum atomic E-state index is -0.476. The molecule has 0 spiro atoms. The number of amides is 1. The molecule has 0 radical (unpaired) electrons.